The van der Waals surface area contributed by atoms with Gasteiger partial charge in [0.05, 0.1) is 29.1 Å². The highest BCUT2D eigenvalue weighted by Gasteiger charge is 2.16. The Morgan fingerprint density at radius 2 is 1.97 bits per heavy atom. The molecule has 0 unspecified atom stereocenters. The molecule has 0 aliphatic rings. The number of aromatic nitrogens is 1. The Balaban J connectivity index is 2.00. The second-order valence-electron chi connectivity index (χ2n) is 6.61. The van der Waals surface area contributed by atoms with Crippen LogP contribution in [0, 0.1) is 12.7 Å². The van der Waals surface area contributed by atoms with Crippen LogP contribution in [0.1, 0.15) is 21.5 Å². The fourth-order valence-electron chi connectivity index (χ4n) is 2.82. The van der Waals surface area contributed by atoms with E-state index in [4.69, 9.17) is 28.3 Å². The summed E-state index contributed by atoms with van der Waals surface area (Å²) in [6, 6.07) is 9.10. The van der Waals surface area contributed by atoms with Gasteiger partial charge in [0.1, 0.15) is 23.6 Å². The summed E-state index contributed by atoms with van der Waals surface area (Å²) >= 11 is 0. The van der Waals surface area contributed by atoms with E-state index in [-0.39, 0.29) is 23.3 Å². The summed E-state index contributed by atoms with van der Waals surface area (Å²) in [5.74, 6) is -0.463. The molecule has 1 heterocycles. The molecule has 3 rings (SSSR count). The first-order chi connectivity index (χ1) is 13.7. The van der Waals surface area contributed by atoms with Crippen LogP contribution in [0.2, 0.25) is 0 Å². The van der Waals surface area contributed by atoms with E-state index in [1.807, 2.05) is 0 Å². The van der Waals surface area contributed by atoms with Crippen molar-refractivity contribution >= 4 is 46.6 Å². The number of aldehydes is 1. The van der Waals surface area contributed by atoms with Crippen molar-refractivity contribution in [2.75, 3.05) is 0 Å². The summed E-state index contributed by atoms with van der Waals surface area (Å²) in [4.78, 5) is 27.2. The van der Waals surface area contributed by atoms with Crippen LogP contribution in [0.3, 0.4) is 0 Å². The van der Waals surface area contributed by atoms with E-state index in [0.29, 0.717) is 28.5 Å². The van der Waals surface area contributed by atoms with E-state index < -0.39 is 17.0 Å². The smallest absolute Gasteiger partial charge is 0.249 e. The lowest BCUT2D eigenvalue weighted by atomic mass is 9.49. The molecule has 1 aromatic heterocycles. The molecule has 138 valence electrons. The maximum absolute atomic E-state index is 14.2. The van der Waals surface area contributed by atoms with Crippen LogP contribution in [-0.4, -0.2) is 46.0 Å². The topological polar surface area (TPSA) is 68.3 Å². The number of pyridine rings is 1. The molecule has 9 heteroatoms. The fourth-order valence-corrected chi connectivity index (χ4v) is 2.82. The Hall–Kier alpha value is -3.09. The zero-order valence-corrected chi connectivity index (χ0v) is 15.6. The van der Waals surface area contributed by atoms with E-state index in [9.17, 15) is 14.0 Å². The number of aryl methyl sites for hydroxylation is 1. The van der Waals surface area contributed by atoms with Gasteiger partial charge in [0, 0.05) is 29.6 Å². The number of carbonyl (C=O) groups is 2. The zero-order valence-electron chi connectivity index (χ0n) is 15.6. The molecule has 0 aliphatic carbocycles. The number of carbonyl (C=O) groups excluding carboxylic acids is 2. The van der Waals surface area contributed by atoms with Crippen molar-refractivity contribution < 1.29 is 18.7 Å². The van der Waals surface area contributed by atoms with Crippen LogP contribution in [0.4, 0.5) is 4.39 Å². The van der Waals surface area contributed by atoms with Crippen molar-refractivity contribution in [3.8, 4) is 11.5 Å². The van der Waals surface area contributed by atoms with E-state index in [1.54, 1.807) is 37.3 Å². The second kappa shape index (κ2) is 8.11. The Bertz CT molecular complexity index is 1100. The third kappa shape index (κ3) is 4.85. The first-order valence-corrected chi connectivity index (χ1v) is 8.66. The number of nitrogens with one attached hydrogen (secondary N) is 1. The Morgan fingerprint density at radius 3 is 2.66 bits per heavy atom. The van der Waals surface area contributed by atoms with Crippen molar-refractivity contribution in [3.63, 3.8) is 0 Å². The highest BCUT2D eigenvalue weighted by atomic mass is 19.1. The average molecular weight is 382 g/mol. The summed E-state index contributed by atoms with van der Waals surface area (Å²) < 4.78 is 20.1. The molecule has 0 fully saturated rings. The van der Waals surface area contributed by atoms with Gasteiger partial charge in [-0.2, -0.15) is 0 Å². The molecule has 1 N–H and O–H groups in total. The molecule has 0 spiro atoms. The summed E-state index contributed by atoms with van der Waals surface area (Å²) in [5.41, 5.74) is 1.75. The highest BCUT2D eigenvalue weighted by molar-refractivity contribution is 6.60. The molecule has 1 amide bonds. The van der Waals surface area contributed by atoms with E-state index in [1.165, 1.54) is 12.3 Å². The Morgan fingerprint density at radius 1 is 1.21 bits per heavy atom. The molecular formula is C20H14B3FN2O3. The average Bonchev–Trinajstić information content (AvgIpc) is 2.64. The van der Waals surface area contributed by atoms with Gasteiger partial charge in [-0.05, 0) is 48.4 Å². The fraction of sp³-hybridized carbons (Fsp3) is 0.150. The number of benzene rings is 2. The SMILES string of the molecule is [B]C([B])([B])NC(=O)c1ccc2nccc(Oc3cc(F)c(CC=O)cc3C)c2c1. The van der Waals surface area contributed by atoms with Crippen LogP contribution in [-0.2, 0) is 11.2 Å². The van der Waals surface area contributed by atoms with Crippen molar-refractivity contribution in [2.24, 2.45) is 0 Å². The van der Waals surface area contributed by atoms with Crippen molar-refractivity contribution in [1.82, 2.24) is 10.3 Å². The minimum atomic E-state index is -1.86. The standard InChI is InChI=1S/C20H14B3FN2O3/c1-11-8-12(5-7-27)15(24)10-18(11)29-17-4-6-25-16-3-2-13(9-14(16)17)19(28)26-20(21,22)23/h2-4,6-10H,5H2,1H3,(H,26,28). The molecule has 6 radical (unpaired) electrons. The first-order valence-electron chi connectivity index (χ1n) is 8.66. The second-order valence-corrected chi connectivity index (χ2v) is 6.61. The summed E-state index contributed by atoms with van der Waals surface area (Å²) in [6.45, 7) is 1.74. The quantitative estimate of drug-likeness (QED) is 0.524. The minimum absolute atomic E-state index is 0.0193. The molecule has 3 aromatic rings. The van der Waals surface area contributed by atoms with Crippen LogP contribution in [0.5, 0.6) is 11.5 Å². The lowest BCUT2D eigenvalue weighted by Gasteiger charge is -2.22. The van der Waals surface area contributed by atoms with E-state index >= 15 is 0 Å². The van der Waals surface area contributed by atoms with Crippen LogP contribution >= 0.6 is 0 Å². The lowest BCUT2D eigenvalue weighted by molar-refractivity contribution is -0.107. The third-order valence-corrected chi connectivity index (χ3v) is 4.16. The van der Waals surface area contributed by atoms with Gasteiger partial charge in [-0.3, -0.25) is 9.78 Å². The minimum Gasteiger partial charge on any atom is -0.456 e. The van der Waals surface area contributed by atoms with Gasteiger partial charge in [-0.1, -0.05) is 5.24 Å². The first kappa shape index (κ1) is 20.6. The van der Waals surface area contributed by atoms with Crippen LogP contribution in [0.25, 0.3) is 10.9 Å². The molecular weight excluding hydrogens is 368 g/mol. The van der Waals surface area contributed by atoms with Crippen molar-refractivity contribution in [2.45, 2.75) is 18.6 Å². The van der Waals surface area contributed by atoms with Crippen LogP contribution in [0.15, 0.2) is 42.6 Å². The number of halogens is 1. The number of ether oxygens (including phenoxy) is 1. The molecule has 29 heavy (non-hydrogen) atoms. The summed E-state index contributed by atoms with van der Waals surface area (Å²) in [6.07, 6.45) is 2.16. The van der Waals surface area contributed by atoms with E-state index in [0.717, 1.165) is 0 Å². The van der Waals surface area contributed by atoms with E-state index in [2.05, 4.69) is 10.3 Å². The molecule has 0 saturated heterocycles. The largest absolute Gasteiger partial charge is 0.456 e. The predicted molar refractivity (Wildman–Crippen MR) is 110 cm³/mol. The number of fused-ring (bicyclic) bond motifs is 1. The molecule has 0 saturated carbocycles. The van der Waals surface area contributed by atoms with Crippen LogP contribution < -0.4 is 10.1 Å². The van der Waals surface area contributed by atoms with Gasteiger partial charge in [0.25, 0.3) is 0 Å². The maximum Gasteiger partial charge on any atom is 0.249 e. The van der Waals surface area contributed by atoms with Gasteiger partial charge >= 0.3 is 0 Å². The Kier molecular flexibility index (Phi) is 5.77. The summed E-state index contributed by atoms with van der Waals surface area (Å²) in [7, 11) is 16.2. The van der Waals surface area contributed by atoms with Gasteiger partial charge in [-0.25, -0.2) is 4.39 Å². The molecule has 0 aliphatic heterocycles. The molecule has 0 bridgehead atoms. The predicted octanol–water partition coefficient (Wildman–Crippen LogP) is 2.06. The van der Waals surface area contributed by atoms with Gasteiger partial charge in [-0.15, -0.1) is 0 Å². The van der Waals surface area contributed by atoms with Gasteiger partial charge < -0.3 is 14.8 Å². The Labute approximate surface area is 171 Å². The number of hydrogen-bond acceptors (Lipinski definition) is 4. The normalized spacial score (nSPS) is 11.2. The number of amides is 1. The van der Waals surface area contributed by atoms with Gasteiger partial charge in [0.2, 0.25) is 5.91 Å². The number of nitrogens with zero attached hydrogens (tertiary/aromatic N) is 1. The highest BCUT2D eigenvalue weighted by Crippen LogP contribution is 2.32. The molecule has 0 atom stereocenters. The lowest BCUT2D eigenvalue weighted by Crippen LogP contribution is -2.50. The zero-order chi connectivity index (χ0) is 21.2. The number of hydrogen-bond donors (Lipinski definition) is 1. The van der Waals surface area contributed by atoms with Crippen molar-refractivity contribution in [3.05, 3.63) is 65.1 Å². The molecule has 5 nitrogen and oxygen atoms in total. The van der Waals surface area contributed by atoms with Gasteiger partial charge in [0.15, 0.2) is 0 Å². The molecule has 2 aromatic carbocycles. The maximum atomic E-state index is 14.2. The third-order valence-electron chi connectivity index (χ3n) is 4.16. The van der Waals surface area contributed by atoms with Crippen molar-refractivity contribution in [1.29, 1.82) is 0 Å². The monoisotopic (exact) mass is 382 g/mol. The number of rotatable bonds is 6. The summed E-state index contributed by atoms with van der Waals surface area (Å²) in [5, 5.41) is 0.918.